The lowest BCUT2D eigenvalue weighted by Gasteiger charge is -2.21. The second-order valence-electron chi connectivity index (χ2n) is 3.24. The average molecular weight is 138 g/mol. The zero-order valence-corrected chi connectivity index (χ0v) is 6.43. The van der Waals surface area contributed by atoms with Gasteiger partial charge < -0.3 is 10.2 Å². The van der Waals surface area contributed by atoms with Crippen LogP contribution in [0.1, 0.15) is 12.8 Å². The van der Waals surface area contributed by atoms with Gasteiger partial charge in [0.2, 0.25) is 0 Å². The summed E-state index contributed by atoms with van der Waals surface area (Å²) < 4.78 is 0. The van der Waals surface area contributed by atoms with Crippen molar-refractivity contribution < 1.29 is 0 Å². The Hall–Kier alpha value is -0.660. The number of rotatable bonds is 2. The van der Waals surface area contributed by atoms with E-state index in [0.717, 1.165) is 17.8 Å². The van der Waals surface area contributed by atoms with E-state index in [4.69, 9.17) is 0 Å². The molecule has 0 bridgehead atoms. The van der Waals surface area contributed by atoms with E-state index >= 15 is 0 Å². The van der Waals surface area contributed by atoms with Crippen LogP contribution in [0.15, 0.2) is 12.4 Å². The normalized spacial score (nSPS) is 35.5. The van der Waals surface area contributed by atoms with Crippen molar-refractivity contribution in [2.24, 2.45) is 5.92 Å². The molecule has 2 nitrogen and oxygen atoms in total. The van der Waals surface area contributed by atoms with Gasteiger partial charge >= 0.3 is 0 Å². The van der Waals surface area contributed by atoms with Crippen molar-refractivity contribution >= 4 is 0 Å². The minimum Gasteiger partial charge on any atom is -0.375 e. The monoisotopic (exact) mass is 138 g/mol. The van der Waals surface area contributed by atoms with Crippen LogP contribution in [0.4, 0.5) is 0 Å². The van der Waals surface area contributed by atoms with Crippen LogP contribution in [0, 0.1) is 5.92 Å². The molecule has 56 valence electrons. The number of nitrogens with zero attached hydrogens (tertiary/aromatic N) is 1. The molecular weight excluding hydrogens is 124 g/mol. The Bertz CT molecular complexity index is 165. The molecule has 1 aliphatic heterocycles. The highest BCUT2D eigenvalue weighted by Crippen LogP contribution is 2.45. The maximum atomic E-state index is 3.95. The fourth-order valence-electron chi connectivity index (χ4n) is 1.87. The quantitative estimate of drug-likeness (QED) is 0.606. The molecule has 2 atom stereocenters. The van der Waals surface area contributed by atoms with Gasteiger partial charge in [0.05, 0.1) is 5.82 Å². The Morgan fingerprint density at radius 1 is 1.70 bits per heavy atom. The smallest absolute Gasteiger partial charge is 0.0938 e. The molecule has 0 aromatic carbocycles. The first-order valence-electron chi connectivity index (χ1n) is 3.96. The topological polar surface area (TPSA) is 15.3 Å². The number of likely N-dealkylation sites (tertiary alicyclic amines) is 1. The standard InChI is InChI=1S/C8H14N2/c1-6(9-2)10-4-3-7-5-8(7)10/h7-9H,1,3-5H2,2H3. The fourth-order valence-corrected chi connectivity index (χ4v) is 1.87. The van der Waals surface area contributed by atoms with Gasteiger partial charge in [-0.3, -0.25) is 0 Å². The van der Waals surface area contributed by atoms with Crippen molar-refractivity contribution in [2.45, 2.75) is 18.9 Å². The molecule has 1 heterocycles. The van der Waals surface area contributed by atoms with Gasteiger partial charge in [-0.1, -0.05) is 6.58 Å². The van der Waals surface area contributed by atoms with E-state index in [1.165, 1.54) is 19.4 Å². The van der Waals surface area contributed by atoms with Crippen molar-refractivity contribution in [2.75, 3.05) is 13.6 Å². The van der Waals surface area contributed by atoms with E-state index in [-0.39, 0.29) is 0 Å². The van der Waals surface area contributed by atoms with Crippen molar-refractivity contribution in [1.82, 2.24) is 10.2 Å². The summed E-state index contributed by atoms with van der Waals surface area (Å²) in [5.74, 6) is 2.11. The van der Waals surface area contributed by atoms with Crippen molar-refractivity contribution in [3.63, 3.8) is 0 Å². The summed E-state index contributed by atoms with van der Waals surface area (Å²) in [5.41, 5.74) is 0. The average Bonchev–Trinajstić information content (AvgIpc) is 2.62. The maximum absolute atomic E-state index is 3.95. The van der Waals surface area contributed by atoms with Gasteiger partial charge in [-0.25, -0.2) is 0 Å². The second kappa shape index (κ2) is 1.91. The Kier molecular flexibility index (Phi) is 1.16. The molecule has 0 amide bonds. The van der Waals surface area contributed by atoms with Gasteiger partial charge in [0.15, 0.2) is 0 Å². The molecule has 0 spiro atoms. The minimum atomic E-state index is 0.847. The summed E-state index contributed by atoms with van der Waals surface area (Å²) in [6.45, 7) is 5.16. The molecule has 1 aliphatic carbocycles. The van der Waals surface area contributed by atoms with Gasteiger partial charge in [0.1, 0.15) is 0 Å². The van der Waals surface area contributed by atoms with Crippen molar-refractivity contribution in [3.05, 3.63) is 12.4 Å². The lowest BCUT2D eigenvalue weighted by Crippen LogP contribution is -2.28. The van der Waals surface area contributed by atoms with E-state index < -0.39 is 0 Å². The molecule has 0 aromatic heterocycles. The summed E-state index contributed by atoms with van der Waals surface area (Å²) in [6.07, 6.45) is 2.78. The number of fused-ring (bicyclic) bond motifs is 1. The van der Waals surface area contributed by atoms with Gasteiger partial charge in [0.25, 0.3) is 0 Å². The van der Waals surface area contributed by atoms with Crippen LogP contribution in [0.25, 0.3) is 0 Å². The highest BCUT2D eigenvalue weighted by atomic mass is 15.3. The van der Waals surface area contributed by atoms with Crippen LogP contribution in [0.3, 0.4) is 0 Å². The third-order valence-corrected chi connectivity index (χ3v) is 2.66. The molecule has 0 aromatic rings. The molecule has 2 heteroatoms. The van der Waals surface area contributed by atoms with Crippen LogP contribution in [0.2, 0.25) is 0 Å². The molecule has 1 N–H and O–H groups in total. The first-order valence-corrected chi connectivity index (χ1v) is 3.96. The summed E-state index contributed by atoms with van der Waals surface area (Å²) in [4.78, 5) is 2.39. The Morgan fingerprint density at radius 2 is 2.50 bits per heavy atom. The summed E-state index contributed by atoms with van der Waals surface area (Å²) >= 11 is 0. The predicted molar refractivity (Wildman–Crippen MR) is 41.4 cm³/mol. The molecule has 2 aliphatic rings. The third kappa shape index (κ3) is 0.713. The van der Waals surface area contributed by atoms with Crippen LogP contribution in [-0.4, -0.2) is 24.5 Å². The maximum Gasteiger partial charge on any atom is 0.0938 e. The van der Waals surface area contributed by atoms with E-state index in [9.17, 15) is 0 Å². The molecule has 2 unspecified atom stereocenters. The lowest BCUT2D eigenvalue weighted by molar-refractivity contribution is 0.358. The Morgan fingerprint density at radius 3 is 2.90 bits per heavy atom. The molecular formula is C8H14N2. The second-order valence-corrected chi connectivity index (χ2v) is 3.24. The fraction of sp³-hybridized carbons (Fsp3) is 0.750. The zero-order chi connectivity index (χ0) is 7.14. The first kappa shape index (κ1) is 6.08. The predicted octanol–water partition coefficient (Wildman–Crippen LogP) is 0.771. The molecule has 0 radical (unpaired) electrons. The van der Waals surface area contributed by atoms with Crippen LogP contribution in [0.5, 0.6) is 0 Å². The lowest BCUT2D eigenvalue weighted by atomic mass is 10.3. The van der Waals surface area contributed by atoms with Crippen LogP contribution in [-0.2, 0) is 0 Å². The van der Waals surface area contributed by atoms with Gasteiger partial charge in [-0.05, 0) is 18.8 Å². The van der Waals surface area contributed by atoms with E-state index in [2.05, 4.69) is 16.8 Å². The van der Waals surface area contributed by atoms with E-state index in [1.807, 2.05) is 7.05 Å². The highest BCUT2D eigenvalue weighted by molar-refractivity contribution is 5.08. The van der Waals surface area contributed by atoms with Crippen molar-refractivity contribution in [3.8, 4) is 0 Å². The third-order valence-electron chi connectivity index (χ3n) is 2.66. The van der Waals surface area contributed by atoms with Crippen LogP contribution >= 0.6 is 0 Å². The van der Waals surface area contributed by atoms with E-state index in [0.29, 0.717) is 0 Å². The molecule has 2 fully saturated rings. The number of hydrogen-bond acceptors (Lipinski definition) is 2. The molecule has 1 saturated carbocycles. The molecule has 2 rings (SSSR count). The summed E-state index contributed by atoms with van der Waals surface area (Å²) in [6, 6.07) is 0.847. The number of piperidine rings is 1. The summed E-state index contributed by atoms with van der Waals surface area (Å²) in [7, 11) is 1.94. The van der Waals surface area contributed by atoms with Crippen LogP contribution < -0.4 is 5.32 Å². The summed E-state index contributed by atoms with van der Waals surface area (Å²) in [5, 5.41) is 3.10. The largest absolute Gasteiger partial charge is 0.375 e. The van der Waals surface area contributed by atoms with Gasteiger partial charge in [-0.2, -0.15) is 0 Å². The van der Waals surface area contributed by atoms with Crippen molar-refractivity contribution in [1.29, 1.82) is 0 Å². The number of hydrogen-bond donors (Lipinski definition) is 1. The van der Waals surface area contributed by atoms with Gasteiger partial charge in [0, 0.05) is 19.6 Å². The minimum absolute atomic E-state index is 0.847. The molecule has 10 heavy (non-hydrogen) atoms. The SMILES string of the molecule is C=C(NC)N1CCC2CC21. The Balaban J connectivity index is 1.98. The number of nitrogens with one attached hydrogen (secondary N) is 1. The first-order chi connectivity index (χ1) is 4.83. The highest BCUT2D eigenvalue weighted by Gasteiger charge is 2.46. The van der Waals surface area contributed by atoms with E-state index in [1.54, 1.807) is 0 Å². The Labute approximate surface area is 61.9 Å². The molecule has 1 saturated heterocycles. The van der Waals surface area contributed by atoms with Gasteiger partial charge in [-0.15, -0.1) is 0 Å². The zero-order valence-electron chi connectivity index (χ0n) is 6.43.